The van der Waals surface area contributed by atoms with Crippen molar-refractivity contribution in [3.8, 4) is 0 Å². The van der Waals surface area contributed by atoms with Gasteiger partial charge >= 0.3 is 0 Å². The van der Waals surface area contributed by atoms with Crippen LogP contribution in [0.3, 0.4) is 0 Å². The summed E-state index contributed by atoms with van der Waals surface area (Å²) in [4.78, 5) is 19.7. The number of fused-ring (bicyclic) bond motifs is 1. The predicted octanol–water partition coefficient (Wildman–Crippen LogP) is 3.93. The van der Waals surface area contributed by atoms with E-state index in [-0.39, 0.29) is 25.4 Å². The van der Waals surface area contributed by atoms with Crippen LogP contribution in [0, 0.1) is 13.8 Å². The number of aromatic nitrogens is 1. The molecule has 1 aromatic carbocycles. The highest BCUT2D eigenvalue weighted by atomic mass is 19.3. The van der Waals surface area contributed by atoms with Crippen LogP contribution in [0.5, 0.6) is 0 Å². The zero-order valence-electron chi connectivity index (χ0n) is 15.8. The second-order valence-electron chi connectivity index (χ2n) is 8.05. The summed E-state index contributed by atoms with van der Waals surface area (Å²) in [5, 5.41) is 0.808. The van der Waals surface area contributed by atoms with Crippen molar-refractivity contribution in [2.24, 2.45) is 5.73 Å². The van der Waals surface area contributed by atoms with E-state index in [0.29, 0.717) is 11.5 Å². The number of benzene rings is 1. The summed E-state index contributed by atoms with van der Waals surface area (Å²) >= 11 is 0. The van der Waals surface area contributed by atoms with E-state index in [1.165, 1.54) is 4.90 Å². The lowest BCUT2D eigenvalue weighted by atomic mass is 9.99. The Kier molecular flexibility index (Phi) is 4.41. The van der Waals surface area contributed by atoms with Gasteiger partial charge in [0, 0.05) is 36.5 Å². The van der Waals surface area contributed by atoms with Crippen LogP contribution in [0.15, 0.2) is 18.2 Å². The maximum absolute atomic E-state index is 14.0. The minimum atomic E-state index is -2.93. The Morgan fingerprint density at radius 1 is 1.19 bits per heavy atom. The third-order valence-electron chi connectivity index (χ3n) is 5.75. The van der Waals surface area contributed by atoms with Gasteiger partial charge < -0.3 is 10.6 Å². The zero-order chi connectivity index (χ0) is 19.3. The van der Waals surface area contributed by atoms with E-state index in [4.69, 9.17) is 10.7 Å². The van der Waals surface area contributed by atoms with E-state index in [1.807, 2.05) is 26.0 Å². The number of likely N-dealkylation sites (tertiary alicyclic amines) is 1. The number of hydrogen-bond donors (Lipinski definition) is 1. The van der Waals surface area contributed by atoms with Crippen molar-refractivity contribution >= 4 is 16.8 Å². The van der Waals surface area contributed by atoms with Crippen molar-refractivity contribution in [3.63, 3.8) is 0 Å². The number of amides is 1. The quantitative estimate of drug-likeness (QED) is 0.868. The summed E-state index contributed by atoms with van der Waals surface area (Å²) in [6.45, 7) is 4.26. The average Bonchev–Trinajstić information content (AvgIpc) is 3.45. The molecule has 2 fully saturated rings. The molecule has 1 saturated carbocycles. The Morgan fingerprint density at radius 2 is 1.93 bits per heavy atom. The fourth-order valence-corrected chi connectivity index (χ4v) is 3.93. The van der Waals surface area contributed by atoms with Gasteiger partial charge in [0.25, 0.3) is 11.8 Å². The summed E-state index contributed by atoms with van der Waals surface area (Å²) in [6, 6.07) is 4.71. The van der Waals surface area contributed by atoms with E-state index in [2.05, 4.69) is 6.07 Å². The maximum atomic E-state index is 14.0. The fourth-order valence-electron chi connectivity index (χ4n) is 3.93. The first-order valence-corrected chi connectivity index (χ1v) is 9.61. The first-order chi connectivity index (χ1) is 12.8. The van der Waals surface area contributed by atoms with Gasteiger partial charge in [0.15, 0.2) is 0 Å². The number of rotatable bonds is 2. The Bertz CT molecular complexity index is 908. The van der Waals surface area contributed by atoms with Gasteiger partial charge in [-0.25, -0.2) is 8.78 Å². The first-order valence-electron chi connectivity index (χ1n) is 9.61. The lowest BCUT2D eigenvalue weighted by molar-refractivity contribution is -0.0291. The number of nitrogens with zero attached hydrogens (tertiary/aromatic N) is 2. The molecule has 2 N–H and O–H groups in total. The molecule has 1 aliphatic heterocycles. The second-order valence-corrected chi connectivity index (χ2v) is 8.05. The number of nitrogens with two attached hydrogens (primary N) is 1. The van der Waals surface area contributed by atoms with E-state index in [1.54, 1.807) is 0 Å². The molecule has 6 heteroatoms. The van der Waals surface area contributed by atoms with Crippen LogP contribution in [0.4, 0.5) is 8.78 Å². The SMILES string of the molecule is Cc1cc(C)c2nc(C3CC3)cc(C(=O)N3CCC(N)C(F)(F)CC3)c2c1. The second kappa shape index (κ2) is 6.51. The molecule has 0 bridgehead atoms. The summed E-state index contributed by atoms with van der Waals surface area (Å²) in [6.07, 6.45) is 1.88. The van der Waals surface area contributed by atoms with E-state index >= 15 is 0 Å². The first kappa shape index (κ1) is 18.3. The maximum Gasteiger partial charge on any atom is 0.264 e. The van der Waals surface area contributed by atoms with E-state index in [0.717, 1.165) is 40.6 Å². The molecule has 2 aromatic rings. The molecule has 2 heterocycles. The van der Waals surface area contributed by atoms with Gasteiger partial charge in [-0.3, -0.25) is 9.78 Å². The van der Waals surface area contributed by atoms with Crippen LogP contribution >= 0.6 is 0 Å². The Morgan fingerprint density at radius 3 is 2.63 bits per heavy atom. The number of aryl methyl sites for hydroxylation is 2. The van der Waals surface area contributed by atoms with Crippen LogP contribution in [0.25, 0.3) is 10.9 Å². The molecule has 1 amide bonds. The van der Waals surface area contributed by atoms with Gasteiger partial charge in [0.05, 0.1) is 17.1 Å². The fraction of sp³-hybridized carbons (Fsp3) is 0.524. The number of hydrogen-bond acceptors (Lipinski definition) is 3. The lowest BCUT2D eigenvalue weighted by Crippen LogP contribution is -2.40. The summed E-state index contributed by atoms with van der Waals surface area (Å²) in [5.74, 6) is -2.72. The third kappa shape index (κ3) is 3.43. The van der Waals surface area contributed by atoms with E-state index in [9.17, 15) is 13.6 Å². The van der Waals surface area contributed by atoms with Crippen molar-refractivity contribution in [2.75, 3.05) is 13.1 Å². The standard InChI is InChI=1S/C21H25F2N3O/c1-12-9-13(2)19-15(10-12)16(11-17(25-19)14-3-4-14)20(27)26-7-5-18(24)21(22,23)6-8-26/h9-11,14,18H,3-8,24H2,1-2H3. The van der Waals surface area contributed by atoms with Gasteiger partial charge in [-0.2, -0.15) is 0 Å². The highest BCUT2D eigenvalue weighted by molar-refractivity contribution is 6.07. The number of carbonyl (C=O) groups excluding carboxylic acids is 1. The molecule has 2 aliphatic rings. The molecular formula is C21H25F2N3O. The zero-order valence-corrected chi connectivity index (χ0v) is 15.8. The summed E-state index contributed by atoms with van der Waals surface area (Å²) < 4.78 is 27.9. The molecule has 1 unspecified atom stereocenters. The van der Waals surface area contributed by atoms with Crippen LogP contribution < -0.4 is 5.73 Å². The topological polar surface area (TPSA) is 59.2 Å². The third-order valence-corrected chi connectivity index (χ3v) is 5.75. The van der Waals surface area contributed by atoms with Crippen molar-refractivity contribution < 1.29 is 13.6 Å². The van der Waals surface area contributed by atoms with Gasteiger partial charge in [0.1, 0.15) is 0 Å². The summed E-state index contributed by atoms with van der Waals surface area (Å²) in [5.41, 5.74) is 10.1. The lowest BCUT2D eigenvalue weighted by Gasteiger charge is -2.22. The smallest absolute Gasteiger partial charge is 0.264 e. The Hall–Kier alpha value is -2.08. The summed E-state index contributed by atoms with van der Waals surface area (Å²) in [7, 11) is 0. The highest BCUT2D eigenvalue weighted by Gasteiger charge is 2.40. The molecule has 27 heavy (non-hydrogen) atoms. The van der Waals surface area contributed by atoms with Crippen LogP contribution in [0.1, 0.15) is 58.8 Å². The van der Waals surface area contributed by atoms with Crippen molar-refractivity contribution in [2.45, 2.75) is 57.4 Å². The molecule has 1 atom stereocenters. The van der Waals surface area contributed by atoms with Gasteiger partial charge in [-0.05, 0) is 50.8 Å². The number of alkyl halides is 2. The minimum Gasteiger partial charge on any atom is -0.338 e. The van der Waals surface area contributed by atoms with Crippen LogP contribution in [-0.4, -0.2) is 40.8 Å². The predicted molar refractivity (Wildman–Crippen MR) is 101 cm³/mol. The molecule has 1 aromatic heterocycles. The van der Waals surface area contributed by atoms with Crippen molar-refractivity contribution in [1.29, 1.82) is 0 Å². The highest BCUT2D eigenvalue weighted by Crippen LogP contribution is 2.41. The van der Waals surface area contributed by atoms with Crippen LogP contribution in [-0.2, 0) is 0 Å². The Labute approximate surface area is 157 Å². The van der Waals surface area contributed by atoms with E-state index < -0.39 is 18.4 Å². The van der Waals surface area contributed by atoms with Gasteiger partial charge in [0.2, 0.25) is 0 Å². The molecule has 144 valence electrons. The molecular weight excluding hydrogens is 348 g/mol. The normalized spacial score (nSPS) is 22.7. The largest absolute Gasteiger partial charge is 0.338 e. The minimum absolute atomic E-state index is 0.0207. The Balaban J connectivity index is 1.77. The number of halogens is 2. The van der Waals surface area contributed by atoms with Crippen molar-refractivity contribution in [3.05, 3.63) is 40.6 Å². The molecule has 4 rings (SSSR count). The number of pyridine rings is 1. The average molecular weight is 373 g/mol. The van der Waals surface area contributed by atoms with Gasteiger partial charge in [-0.15, -0.1) is 0 Å². The molecule has 4 nitrogen and oxygen atoms in total. The van der Waals surface area contributed by atoms with Crippen LogP contribution in [0.2, 0.25) is 0 Å². The molecule has 1 aliphatic carbocycles. The molecule has 1 saturated heterocycles. The monoisotopic (exact) mass is 373 g/mol. The molecule has 0 radical (unpaired) electrons. The van der Waals surface area contributed by atoms with Gasteiger partial charge in [-0.1, -0.05) is 11.6 Å². The molecule has 0 spiro atoms. The van der Waals surface area contributed by atoms with Crippen molar-refractivity contribution in [1.82, 2.24) is 9.88 Å². The number of carbonyl (C=O) groups is 1.